The van der Waals surface area contributed by atoms with Crippen LogP contribution in [0, 0.1) is 12.7 Å². The first-order chi connectivity index (χ1) is 14.0. The summed E-state index contributed by atoms with van der Waals surface area (Å²) in [5.74, 6) is -0.246. The minimum absolute atomic E-state index is 0.108. The molecule has 0 spiro atoms. The Morgan fingerprint density at radius 2 is 1.79 bits per heavy atom. The summed E-state index contributed by atoms with van der Waals surface area (Å²) in [6, 6.07) is 15.2. The number of benzene rings is 2. The van der Waals surface area contributed by atoms with Gasteiger partial charge in [0.05, 0.1) is 6.54 Å². The number of nitrogens with one attached hydrogen (secondary N) is 1. The molecule has 0 saturated carbocycles. The van der Waals surface area contributed by atoms with Crippen molar-refractivity contribution in [1.82, 2.24) is 15.2 Å². The molecule has 0 radical (unpaired) electrons. The number of amides is 2. The molecule has 0 atom stereocenters. The first-order valence-electron chi connectivity index (χ1n) is 9.31. The van der Waals surface area contributed by atoms with Gasteiger partial charge >= 0.3 is 0 Å². The summed E-state index contributed by atoms with van der Waals surface area (Å²) in [7, 11) is 0. The van der Waals surface area contributed by atoms with Gasteiger partial charge in [-0.1, -0.05) is 30.3 Å². The second-order valence-corrected chi connectivity index (χ2v) is 6.51. The van der Waals surface area contributed by atoms with Gasteiger partial charge < -0.3 is 14.6 Å². The third-order valence-electron chi connectivity index (χ3n) is 4.43. The first kappa shape index (κ1) is 20.3. The number of carbonyl (C=O) groups is 2. The second-order valence-electron chi connectivity index (χ2n) is 6.51. The summed E-state index contributed by atoms with van der Waals surface area (Å²) in [5, 5.41) is 2.74. The fourth-order valence-electron chi connectivity index (χ4n) is 2.81. The highest BCUT2D eigenvalue weighted by Gasteiger charge is 2.24. The van der Waals surface area contributed by atoms with Gasteiger partial charge in [-0.15, -0.1) is 0 Å². The largest absolute Gasteiger partial charge is 0.441 e. The van der Waals surface area contributed by atoms with Crippen molar-refractivity contribution < 1.29 is 18.4 Å². The molecule has 0 bridgehead atoms. The van der Waals surface area contributed by atoms with E-state index in [1.54, 1.807) is 26.0 Å². The molecule has 0 aliphatic rings. The molecule has 1 N–H and O–H groups in total. The molecule has 3 rings (SSSR count). The Bertz CT molecular complexity index is 984. The Balaban J connectivity index is 1.65. The molecule has 2 amide bonds. The number of likely N-dealkylation sites (N-methyl/N-ethyl adjacent to an activating group) is 1. The fourth-order valence-corrected chi connectivity index (χ4v) is 2.81. The van der Waals surface area contributed by atoms with Crippen molar-refractivity contribution in [2.45, 2.75) is 20.4 Å². The van der Waals surface area contributed by atoms with Crippen LogP contribution in [0.5, 0.6) is 0 Å². The van der Waals surface area contributed by atoms with E-state index in [9.17, 15) is 14.0 Å². The van der Waals surface area contributed by atoms with E-state index in [1.165, 1.54) is 17.0 Å². The summed E-state index contributed by atoms with van der Waals surface area (Å²) in [6.45, 7) is 3.96. The van der Waals surface area contributed by atoms with E-state index >= 15 is 0 Å². The summed E-state index contributed by atoms with van der Waals surface area (Å²) in [5.41, 5.74) is 1.74. The number of oxazole rings is 1. The van der Waals surface area contributed by atoms with E-state index in [4.69, 9.17) is 4.42 Å². The third kappa shape index (κ3) is 5.07. The van der Waals surface area contributed by atoms with Crippen LogP contribution in [0.3, 0.4) is 0 Å². The molecule has 7 heteroatoms. The van der Waals surface area contributed by atoms with Gasteiger partial charge in [0.15, 0.2) is 5.69 Å². The summed E-state index contributed by atoms with van der Waals surface area (Å²) < 4.78 is 18.6. The fraction of sp³-hybridized carbons (Fsp3) is 0.227. The molecule has 6 nitrogen and oxygen atoms in total. The molecular formula is C22H22FN3O3. The number of nitrogens with zero attached hydrogens (tertiary/aromatic N) is 2. The van der Waals surface area contributed by atoms with Gasteiger partial charge in [0, 0.05) is 18.7 Å². The smallest absolute Gasteiger partial charge is 0.276 e. The maximum Gasteiger partial charge on any atom is 0.276 e. The summed E-state index contributed by atoms with van der Waals surface area (Å²) >= 11 is 0. The van der Waals surface area contributed by atoms with Gasteiger partial charge in [-0.25, -0.2) is 9.37 Å². The number of rotatable bonds is 7. The van der Waals surface area contributed by atoms with E-state index in [-0.39, 0.29) is 36.4 Å². The van der Waals surface area contributed by atoms with Crippen LogP contribution in [0.1, 0.15) is 28.7 Å². The highest BCUT2D eigenvalue weighted by Crippen LogP contribution is 2.22. The van der Waals surface area contributed by atoms with Crippen LogP contribution in [0.4, 0.5) is 4.39 Å². The summed E-state index contributed by atoms with van der Waals surface area (Å²) in [6.07, 6.45) is 0. The Hall–Kier alpha value is -3.48. The van der Waals surface area contributed by atoms with Crippen molar-refractivity contribution >= 4 is 11.8 Å². The predicted octanol–water partition coefficient (Wildman–Crippen LogP) is 3.57. The van der Waals surface area contributed by atoms with Crippen LogP contribution in [-0.4, -0.2) is 34.8 Å². The third-order valence-corrected chi connectivity index (χ3v) is 4.43. The Morgan fingerprint density at radius 1 is 1.10 bits per heavy atom. The van der Waals surface area contributed by atoms with Crippen LogP contribution in [0.15, 0.2) is 59.0 Å². The highest BCUT2D eigenvalue weighted by molar-refractivity contribution is 5.96. The van der Waals surface area contributed by atoms with Crippen LogP contribution >= 0.6 is 0 Å². The molecule has 0 aliphatic carbocycles. The Morgan fingerprint density at radius 3 is 2.45 bits per heavy atom. The van der Waals surface area contributed by atoms with E-state index in [0.29, 0.717) is 18.2 Å². The number of halogens is 1. The van der Waals surface area contributed by atoms with Crippen LogP contribution < -0.4 is 5.32 Å². The Labute approximate surface area is 168 Å². The lowest BCUT2D eigenvalue weighted by Crippen LogP contribution is -2.40. The lowest BCUT2D eigenvalue weighted by Gasteiger charge is -2.19. The number of carbonyl (C=O) groups excluding carboxylic acids is 2. The molecule has 0 saturated heterocycles. The van der Waals surface area contributed by atoms with Crippen molar-refractivity contribution in [2.75, 3.05) is 13.1 Å². The maximum absolute atomic E-state index is 13.0. The minimum Gasteiger partial charge on any atom is -0.441 e. The SMILES string of the molecule is CCN(CC(=O)NCc1ccc(F)cc1)C(=O)c1nc(-c2ccccc2)oc1C. The van der Waals surface area contributed by atoms with Crippen LogP contribution in [0.25, 0.3) is 11.5 Å². The van der Waals surface area contributed by atoms with Gasteiger partial charge in [-0.2, -0.15) is 0 Å². The second kappa shape index (κ2) is 9.14. The molecule has 2 aromatic carbocycles. The zero-order chi connectivity index (χ0) is 20.8. The van der Waals surface area contributed by atoms with Gasteiger partial charge in [-0.05, 0) is 43.7 Å². The molecule has 1 heterocycles. The lowest BCUT2D eigenvalue weighted by atomic mass is 10.2. The number of aryl methyl sites for hydroxylation is 1. The quantitative estimate of drug-likeness (QED) is 0.664. The Kier molecular flexibility index (Phi) is 6.39. The zero-order valence-corrected chi connectivity index (χ0v) is 16.3. The normalized spacial score (nSPS) is 10.6. The van der Waals surface area contributed by atoms with Crippen molar-refractivity contribution in [2.24, 2.45) is 0 Å². The van der Waals surface area contributed by atoms with Crippen molar-refractivity contribution in [3.63, 3.8) is 0 Å². The van der Waals surface area contributed by atoms with Crippen LogP contribution in [-0.2, 0) is 11.3 Å². The van der Waals surface area contributed by atoms with E-state index in [2.05, 4.69) is 10.3 Å². The van der Waals surface area contributed by atoms with E-state index in [0.717, 1.165) is 11.1 Å². The zero-order valence-electron chi connectivity index (χ0n) is 16.3. The topological polar surface area (TPSA) is 75.4 Å². The lowest BCUT2D eigenvalue weighted by molar-refractivity contribution is -0.121. The number of hydrogen-bond acceptors (Lipinski definition) is 4. The molecule has 0 aliphatic heterocycles. The number of hydrogen-bond donors (Lipinski definition) is 1. The van der Waals surface area contributed by atoms with Crippen molar-refractivity contribution in [3.05, 3.63) is 77.4 Å². The molecule has 3 aromatic rings. The molecule has 150 valence electrons. The maximum atomic E-state index is 13.0. The van der Waals surface area contributed by atoms with Crippen LogP contribution in [0.2, 0.25) is 0 Å². The average molecular weight is 395 g/mol. The van der Waals surface area contributed by atoms with E-state index < -0.39 is 0 Å². The minimum atomic E-state index is -0.368. The molecule has 0 unspecified atom stereocenters. The molecule has 0 fully saturated rings. The average Bonchev–Trinajstić information content (AvgIpc) is 3.13. The van der Waals surface area contributed by atoms with Gasteiger partial charge in [0.2, 0.25) is 11.8 Å². The predicted molar refractivity (Wildman–Crippen MR) is 107 cm³/mol. The van der Waals surface area contributed by atoms with Crippen molar-refractivity contribution in [1.29, 1.82) is 0 Å². The van der Waals surface area contributed by atoms with E-state index in [1.807, 2.05) is 30.3 Å². The van der Waals surface area contributed by atoms with Gasteiger partial charge in [0.1, 0.15) is 11.6 Å². The first-order valence-corrected chi connectivity index (χ1v) is 9.31. The monoisotopic (exact) mass is 395 g/mol. The molecule has 29 heavy (non-hydrogen) atoms. The number of aromatic nitrogens is 1. The standard InChI is InChI=1S/C22H22FN3O3/c1-3-26(14-19(27)24-13-16-9-11-18(23)12-10-16)22(28)20-15(2)29-21(25-20)17-7-5-4-6-8-17/h4-12H,3,13-14H2,1-2H3,(H,24,27). The summed E-state index contributed by atoms with van der Waals surface area (Å²) in [4.78, 5) is 30.9. The van der Waals surface area contributed by atoms with Gasteiger partial charge in [-0.3, -0.25) is 9.59 Å². The molecular weight excluding hydrogens is 373 g/mol. The van der Waals surface area contributed by atoms with Crippen molar-refractivity contribution in [3.8, 4) is 11.5 Å². The highest BCUT2D eigenvalue weighted by atomic mass is 19.1. The van der Waals surface area contributed by atoms with Gasteiger partial charge in [0.25, 0.3) is 5.91 Å². The molecule has 1 aromatic heterocycles.